The first-order valence-corrected chi connectivity index (χ1v) is 5.66. The Bertz CT molecular complexity index is 520. The maximum absolute atomic E-state index is 13.3. The molecule has 0 fully saturated rings. The molecule has 4 nitrogen and oxygen atoms in total. The zero-order chi connectivity index (χ0) is 15.7. The Hall–Kier alpha value is -1.42. The second-order valence-electron chi connectivity index (χ2n) is 3.64. The number of halogens is 6. The minimum absolute atomic E-state index is 0.0690. The van der Waals surface area contributed by atoms with E-state index in [2.05, 4.69) is 20.7 Å². The molecule has 3 N–H and O–H groups in total. The topological polar surface area (TPSA) is 72.5 Å². The first-order chi connectivity index (χ1) is 8.95. The third kappa shape index (κ3) is 3.79. The summed E-state index contributed by atoms with van der Waals surface area (Å²) in [5.41, 5.74) is 4.58. The largest absolute Gasteiger partial charge is 0.573 e. The van der Waals surface area contributed by atoms with Gasteiger partial charge in [-0.05, 0) is 23.8 Å². The zero-order valence-corrected chi connectivity index (χ0v) is 11.0. The minimum atomic E-state index is -5.01. The van der Waals surface area contributed by atoms with Gasteiger partial charge in [-0.3, -0.25) is 0 Å². The molecule has 1 aromatic carbocycles. The molecule has 0 aromatic heterocycles. The Labute approximate surface area is 117 Å². The van der Waals surface area contributed by atoms with Crippen molar-refractivity contribution in [1.82, 2.24) is 0 Å². The van der Waals surface area contributed by atoms with Gasteiger partial charge in [-0.25, -0.2) is 4.79 Å². The minimum Gasteiger partial charge on any atom is -0.477 e. The van der Waals surface area contributed by atoms with Gasteiger partial charge in [0.15, 0.2) is 0 Å². The molecule has 0 bridgehead atoms. The van der Waals surface area contributed by atoms with E-state index in [9.17, 15) is 26.7 Å². The maximum atomic E-state index is 13.3. The van der Waals surface area contributed by atoms with Crippen LogP contribution >= 0.6 is 15.9 Å². The standard InChI is InChI=1S/C10H7BrF5NO3/c11-6-2-1-4(20-10(14,15)16)3-5(6)7(17)9(12,13)8(18)19/h1-3,7H,17H2,(H,18,19)/t7-/m0/s1. The molecule has 1 rings (SSSR count). The monoisotopic (exact) mass is 363 g/mol. The first kappa shape index (κ1) is 16.6. The number of ether oxygens (including phenoxy) is 1. The SMILES string of the molecule is N[C@@H](c1cc(OC(F)(F)F)ccc1Br)C(F)(F)C(=O)O. The molecular weight excluding hydrogens is 357 g/mol. The van der Waals surface area contributed by atoms with E-state index >= 15 is 0 Å². The van der Waals surface area contributed by atoms with Crippen LogP contribution in [0.2, 0.25) is 0 Å². The van der Waals surface area contributed by atoms with Gasteiger partial charge in [0.2, 0.25) is 0 Å². The highest BCUT2D eigenvalue weighted by Gasteiger charge is 2.47. The average Bonchev–Trinajstić information content (AvgIpc) is 2.28. The van der Waals surface area contributed by atoms with Gasteiger partial charge in [-0.2, -0.15) is 8.78 Å². The van der Waals surface area contributed by atoms with Crippen molar-refractivity contribution in [2.45, 2.75) is 18.3 Å². The molecule has 0 saturated heterocycles. The van der Waals surface area contributed by atoms with E-state index in [4.69, 9.17) is 10.8 Å². The number of aliphatic carboxylic acids is 1. The molecule has 0 aliphatic rings. The molecule has 0 aliphatic heterocycles. The smallest absolute Gasteiger partial charge is 0.477 e. The summed E-state index contributed by atoms with van der Waals surface area (Å²) >= 11 is 2.81. The fourth-order valence-electron chi connectivity index (χ4n) is 1.29. The lowest BCUT2D eigenvalue weighted by Gasteiger charge is -2.21. The van der Waals surface area contributed by atoms with Crippen LogP contribution < -0.4 is 10.5 Å². The molecule has 0 radical (unpaired) electrons. The van der Waals surface area contributed by atoms with Crippen LogP contribution in [-0.2, 0) is 4.79 Å². The fraction of sp³-hybridized carbons (Fsp3) is 0.300. The molecule has 0 spiro atoms. The number of carboxylic acids is 1. The van der Waals surface area contributed by atoms with Gasteiger partial charge in [0.25, 0.3) is 0 Å². The molecular formula is C10H7BrF5NO3. The van der Waals surface area contributed by atoms with Gasteiger partial charge >= 0.3 is 18.3 Å². The summed E-state index contributed by atoms with van der Waals surface area (Å²) in [6, 6.07) is 0.117. The molecule has 0 saturated carbocycles. The Kier molecular flexibility index (Phi) is 4.59. The van der Waals surface area contributed by atoms with E-state index in [1.165, 1.54) is 0 Å². The van der Waals surface area contributed by atoms with Crippen molar-refractivity contribution in [3.8, 4) is 5.75 Å². The van der Waals surface area contributed by atoms with Crippen LogP contribution in [0.15, 0.2) is 22.7 Å². The molecule has 0 unspecified atom stereocenters. The summed E-state index contributed by atoms with van der Waals surface area (Å²) in [5.74, 6) is -7.62. The van der Waals surface area contributed by atoms with Crippen LogP contribution in [0, 0.1) is 0 Å². The van der Waals surface area contributed by atoms with Crippen LogP contribution in [0.25, 0.3) is 0 Å². The number of hydrogen-bond donors (Lipinski definition) is 2. The van der Waals surface area contributed by atoms with Crippen molar-refractivity contribution in [2.24, 2.45) is 5.73 Å². The van der Waals surface area contributed by atoms with Crippen LogP contribution in [0.5, 0.6) is 5.75 Å². The Morgan fingerprint density at radius 3 is 2.30 bits per heavy atom. The number of carboxylic acid groups (broad SMARTS) is 1. The lowest BCUT2D eigenvalue weighted by atomic mass is 10.0. The van der Waals surface area contributed by atoms with E-state index in [-0.39, 0.29) is 4.47 Å². The summed E-state index contributed by atoms with van der Waals surface area (Å²) in [4.78, 5) is 10.4. The van der Waals surface area contributed by atoms with Crippen molar-refractivity contribution in [2.75, 3.05) is 0 Å². The molecule has 1 atom stereocenters. The normalized spacial score (nSPS) is 13.9. The van der Waals surface area contributed by atoms with Crippen molar-refractivity contribution in [3.05, 3.63) is 28.2 Å². The van der Waals surface area contributed by atoms with E-state index in [1.54, 1.807) is 0 Å². The van der Waals surface area contributed by atoms with E-state index in [0.29, 0.717) is 6.07 Å². The zero-order valence-electron chi connectivity index (χ0n) is 9.42. The predicted molar refractivity (Wildman–Crippen MR) is 60.3 cm³/mol. The number of benzene rings is 1. The molecule has 20 heavy (non-hydrogen) atoms. The van der Waals surface area contributed by atoms with Crippen LogP contribution in [0.4, 0.5) is 22.0 Å². The van der Waals surface area contributed by atoms with Gasteiger partial charge in [-0.15, -0.1) is 13.2 Å². The van der Waals surface area contributed by atoms with Crippen molar-refractivity contribution in [1.29, 1.82) is 0 Å². The average molecular weight is 364 g/mol. The Balaban J connectivity index is 3.18. The van der Waals surface area contributed by atoms with Gasteiger partial charge in [-0.1, -0.05) is 15.9 Å². The summed E-state index contributed by atoms with van der Waals surface area (Å²) in [5, 5.41) is 8.36. The second-order valence-corrected chi connectivity index (χ2v) is 4.49. The van der Waals surface area contributed by atoms with Crippen LogP contribution in [0.1, 0.15) is 11.6 Å². The first-order valence-electron chi connectivity index (χ1n) is 4.87. The van der Waals surface area contributed by atoms with Gasteiger partial charge in [0, 0.05) is 4.47 Å². The van der Waals surface area contributed by atoms with Crippen LogP contribution in [-0.4, -0.2) is 23.4 Å². The van der Waals surface area contributed by atoms with Gasteiger partial charge in [0.1, 0.15) is 11.8 Å². The van der Waals surface area contributed by atoms with Crippen molar-refractivity contribution >= 4 is 21.9 Å². The molecule has 0 aliphatic carbocycles. The highest BCUT2D eigenvalue weighted by atomic mass is 79.9. The highest BCUT2D eigenvalue weighted by molar-refractivity contribution is 9.10. The summed E-state index contributed by atoms with van der Waals surface area (Å²) < 4.78 is 66.1. The van der Waals surface area contributed by atoms with Gasteiger partial charge < -0.3 is 15.6 Å². The summed E-state index contributed by atoms with van der Waals surface area (Å²) in [7, 11) is 0. The van der Waals surface area contributed by atoms with E-state index in [0.717, 1.165) is 12.1 Å². The molecule has 1 aromatic rings. The Morgan fingerprint density at radius 1 is 1.30 bits per heavy atom. The number of nitrogens with two attached hydrogens (primary N) is 1. The van der Waals surface area contributed by atoms with Gasteiger partial charge in [0.05, 0.1) is 0 Å². The lowest BCUT2D eigenvalue weighted by Crippen LogP contribution is -2.40. The van der Waals surface area contributed by atoms with E-state index < -0.39 is 35.6 Å². The third-order valence-electron chi connectivity index (χ3n) is 2.21. The predicted octanol–water partition coefficient (Wildman–Crippen LogP) is 3.07. The van der Waals surface area contributed by atoms with Crippen molar-refractivity contribution < 1.29 is 36.6 Å². The maximum Gasteiger partial charge on any atom is 0.573 e. The number of alkyl halides is 5. The summed E-state index contributed by atoms with van der Waals surface area (Å²) in [6.07, 6.45) is -5.01. The number of rotatable bonds is 4. The molecule has 112 valence electrons. The molecule has 0 heterocycles. The quantitative estimate of drug-likeness (QED) is 0.806. The molecule has 10 heteroatoms. The van der Waals surface area contributed by atoms with E-state index in [1.807, 2.05) is 0 Å². The lowest BCUT2D eigenvalue weighted by molar-refractivity contribution is -0.274. The fourth-order valence-corrected chi connectivity index (χ4v) is 1.78. The summed E-state index contributed by atoms with van der Waals surface area (Å²) in [6.45, 7) is 0. The van der Waals surface area contributed by atoms with Crippen LogP contribution in [0.3, 0.4) is 0 Å². The number of hydrogen-bond acceptors (Lipinski definition) is 3. The third-order valence-corrected chi connectivity index (χ3v) is 2.93. The van der Waals surface area contributed by atoms with Crippen molar-refractivity contribution in [3.63, 3.8) is 0 Å². The Morgan fingerprint density at radius 2 is 1.85 bits per heavy atom. The number of carbonyl (C=O) groups is 1. The second kappa shape index (κ2) is 5.52. The highest BCUT2D eigenvalue weighted by Crippen LogP contribution is 2.36. The molecule has 0 amide bonds.